The normalized spacial score (nSPS) is 18.8. The van der Waals surface area contributed by atoms with Crippen molar-refractivity contribution in [3.8, 4) is 0 Å². The number of Topliss-reactive ketones (excluding diaryl/α,β-unsaturated/α-hetero) is 1. The first-order chi connectivity index (χ1) is 8.18. The lowest BCUT2D eigenvalue weighted by atomic mass is 10.1. The van der Waals surface area contributed by atoms with Crippen molar-refractivity contribution in [2.75, 3.05) is 11.4 Å². The van der Waals surface area contributed by atoms with Crippen molar-refractivity contribution in [2.45, 2.75) is 19.3 Å². The number of ketones is 1. The van der Waals surface area contributed by atoms with Crippen LogP contribution in [0.25, 0.3) is 0 Å². The Labute approximate surface area is 108 Å². The zero-order chi connectivity index (χ0) is 12.0. The minimum absolute atomic E-state index is 0.382. The molecule has 4 heteroatoms. The zero-order valence-electron chi connectivity index (χ0n) is 9.28. The van der Waals surface area contributed by atoms with E-state index >= 15 is 0 Å². The van der Waals surface area contributed by atoms with Crippen LogP contribution in [0.15, 0.2) is 22.7 Å². The summed E-state index contributed by atoms with van der Waals surface area (Å²) in [7, 11) is 0. The van der Waals surface area contributed by atoms with Gasteiger partial charge in [0.2, 0.25) is 0 Å². The van der Waals surface area contributed by atoms with Gasteiger partial charge in [-0.1, -0.05) is 18.9 Å². The van der Waals surface area contributed by atoms with Crippen molar-refractivity contribution in [1.82, 2.24) is 0 Å². The number of rotatable bonds is 3. The molecular weight excluding hydrogens is 282 g/mol. The molecule has 1 saturated carbocycles. The topological polar surface area (TPSA) is 37.4 Å². The van der Waals surface area contributed by atoms with Gasteiger partial charge in [-0.15, -0.1) is 0 Å². The molecule has 0 unspecified atom stereocenters. The molecule has 3 rings (SSSR count). The number of halogens is 1. The molecule has 1 amide bonds. The van der Waals surface area contributed by atoms with Crippen LogP contribution in [0.1, 0.15) is 29.6 Å². The first-order valence-electron chi connectivity index (χ1n) is 5.83. The van der Waals surface area contributed by atoms with Crippen LogP contribution in [0.3, 0.4) is 0 Å². The second-order valence-corrected chi connectivity index (χ2v) is 5.51. The Kier molecular flexibility index (Phi) is 2.54. The monoisotopic (exact) mass is 293 g/mol. The van der Waals surface area contributed by atoms with Gasteiger partial charge >= 0.3 is 0 Å². The van der Waals surface area contributed by atoms with Crippen LogP contribution in [0, 0.1) is 5.92 Å². The number of benzene rings is 1. The Bertz CT molecular complexity index is 508. The molecule has 1 aromatic carbocycles. The van der Waals surface area contributed by atoms with Crippen LogP contribution in [0.5, 0.6) is 0 Å². The molecule has 1 aromatic rings. The van der Waals surface area contributed by atoms with Crippen LogP contribution in [-0.2, 0) is 4.79 Å². The van der Waals surface area contributed by atoms with Gasteiger partial charge in [0.1, 0.15) is 0 Å². The van der Waals surface area contributed by atoms with E-state index in [1.54, 1.807) is 11.0 Å². The van der Waals surface area contributed by atoms with Gasteiger partial charge < -0.3 is 4.90 Å². The summed E-state index contributed by atoms with van der Waals surface area (Å²) >= 11 is 3.34. The zero-order valence-corrected chi connectivity index (χ0v) is 10.9. The predicted octanol–water partition coefficient (Wildman–Crippen LogP) is 2.78. The molecule has 1 aliphatic heterocycles. The van der Waals surface area contributed by atoms with Crippen LogP contribution in [-0.4, -0.2) is 18.2 Å². The molecule has 1 heterocycles. The summed E-state index contributed by atoms with van der Waals surface area (Å²) in [6.07, 6.45) is 3.54. The molecule has 0 bridgehead atoms. The summed E-state index contributed by atoms with van der Waals surface area (Å²) in [6, 6.07) is 5.50. The van der Waals surface area contributed by atoms with Crippen LogP contribution in [0.4, 0.5) is 5.69 Å². The Morgan fingerprint density at radius 3 is 2.76 bits per heavy atom. The number of nitrogens with zero attached hydrogens (tertiary/aromatic N) is 1. The van der Waals surface area contributed by atoms with Crippen LogP contribution < -0.4 is 4.90 Å². The van der Waals surface area contributed by atoms with E-state index in [1.807, 2.05) is 12.1 Å². The summed E-state index contributed by atoms with van der Waals surface area (Å²) < 4.78 is 0.710. The molecule has 0 atom stereocenters. The lowest BCUT2D eigenvalue weighted by Crippen LogP contribution is -2.30. The Morgan fingerprint density at radius 1 is 1.29 bits per heavy atom. The van der Waals surface area contributed by atoms with Gasteiger partial charge in [-0.25, -0.2) is 0 Å². The van der Waals surface area contributed by atoms with Crippen molar-refractivity contribution < 1.29 is 9.59 Å². The third-order valence-corrected chi connectivity index (χ3v) is 4.07. The van der Waals surface area contributed by atoms with E-state index in [2.05, 4.69) is 15.9 Å². The molecule has 3 nitrogen and oxygen atoms in total. The van der Waals surface area contributed by atoms with E-state index in [0.717, 1.165) is 18.0 Å². The fourth-order valence-corrected chi connectivity index (χ4v) is 2.78. The Morgan fingerprint density at radius 2 is 2.06 bits per heavy atom. The number of hydrogen-bond donors (Lipinski definition) is 0. The molecule has 2 aliphatic rings. The van der Waals surface area contributed by atoms with Crippen LogP contribution >= 0.6 is 15.9 Å². The van der Waals surface area contributed by atoms with Crippen molar-refractivity contribution in [2.24, 2.45) is 5.92 Å². The van der Waals surface area contributed by atoms with E-state index in [-0.39, 0.29) is 11.7 Å². The van der Waals surface area contributed by atoms with Gasteiger partial charge in [0.15, 0.2) is 0 Å². The molecule has 0 radical (unpaired) electrons. The highest BCUT2D eigenvalue weighted by atomic mass is 79.9. The molecule has 0 aromatic heterocycles. The van der Waals surface area contributed by atoms with Crippen molar-refractivity contribution in [1.29, 1.82) is 0 Å². The lowest BCUT2D eigenvalue weighted by molar-refractivity contribution is -0.114. The maximum absolute atomic E-state index is 11.9. The van der Waals surface area contributed by atoms with Gasteiger partial charge in [-0.2, -0.15) is 0 Å². The number of fused-ring (bicyclic) bond motifs is 1. The van der Waals surface area contributed by atoms with E-state index in [9.17, 15) is 9.59 Å². The molecule has 1 fully saturated rings. The predicted molar refractivity (Wildman–Crippen MR) is 68.2 cm³/mol. The number of anilines is 1. The average molecular weight is 294 g/mol. The van der Waals surface area contributed by atoms with Gasteiger partial charge in [0.25, 0.3) is 11.7 Å². The molecular formula is C13H12BrNO2. The third kappa shape index (κ3) is 1.80. The fourth-order valence-electron chi connectivity index (χ4n) is 2.24. The summed E-state index contributed by atoms with van der Waals surface area (Å²) in [5, 5.41) is 0. The van der Waals surface area contributed by atoms with E-state index in [4.69, 9.17) is 0 Å². The summed E-state index contributed by atoms with van der Waals surface area (Å²) in [5.41, 5.74) is 1.28. The van der Waals surface area contributed by atoms with Gasteiger partial charge in [-0.3, -0.25) is 9.59 Å². The van der Waals surface area contributed by atoms with E-state index in [0.29, 0.717) is 16.6 Å². The second kappa shape index (κ2) is 3.95. The quantitative estimate of drug-likeness (QED) is 0.804. The molecule has 17 heavy (non-hydrogen) atoms. The average Bonchev–Trinajstić information content (AvgIpc) is 3.09. The highest BCUT2D eigenvalue weighted by molar-refractivity contribution is 9.10. The maximum atomic E-state index is 11.9. The summed E-state index contributed by atoms with van der Waals surface area (Å²) in [5.74, 6) is -0.00933. The Balaban J connectivity index is 1.92. The smallest absolute Gasteiger partial charge is 0.299 e. The van der Waals surface area contributed by atoms with Gasteiger partial charge in [-0.05, 0) is 40.4 Å². The number of carbonyl (C=O) groups excluding carboxylic acids is 2. The molecule has 1 aliphatic carbocycles. The number of carbonyl (C=O) groups is 2. The minimum Gasteiger partial charge on any atom is -0.305 e. The third-order valence-electron chi connectivity index (χ3n) is 3.41. The van der Waals surface area contributed by atoms with Crippen LogP contribution in [0.2, 0.25) is 0 Å². The highest BCUT2D eigenvalue weighted by Crippen LogP contribution is 2.37. The maximum Gasteiger partial charge on any atom is 0.299 e. The summed E-state index contributed by atoms with van der Waals surface area (Å²) in [6.45, 7) is 0.665. The molecule has 0 saturated heterocycles. The van der Waals surface area contributed by atoms with Crippen molar-refractivity contribution in [3.05, 3.63) is 28.2 Å². The fraction of sp³-hybridized carbons (Fsp3) is 0.385. The SMILES string of the molecule is O=C1C(=O)N(CCC2CC2)c2cccc(Br)c21. The van der Waals surface area contributed by atoms with Crippen molar-refractivity contribution >= 4 is 33.3 Å². The largest absolute Gasteiger partial charge is 0.305 e. The summed E-state index contributed by atoms with van der Waals surface area (Å²) in [4.78, 5) is 25.4. The lowest BCUT2D eigenvalue weighted by Gasteiger charge is -2.16. The number of amides is 1. The molecule has 88 valence electrons. The standard InChI is InChI=1S/C13H12BrNO2/c14-9-2-1-3-10-11(9)12(16)13(17)15(10)7-6-8-4-5-8/h1-3,8H,4-7H2. The first-order valence-corrected chi connectivity index (χ1v) is 6.62. The first kappa shape index (κ1) is 11.0. The minimum atomic E-state index is -0.386. The van der Waals surface area contributed by atoms with Crippen molar-refractivity contribution in [3.63, 3.8) is 0 Å². The highest BCUT2D eigenvalue weighted by Gasteiger charge is 2.37. The Hall–Kier alpha value is -1.16. The van der Waals surface area contributed by atoms with Gasteiger partial charge in [0.05, 0.1) is 11.3 Å². The molecule has 0 spiro atoms. The number of hydrogen-bond acceptors (Lipinski definition) is 2. The second-order valence-electron chi connectivity index (χ2n) is 4.65. The van der Waals surface area contributed by atoms with Gasteiger partial charge in [0, 0.05) is 11.0 Å². The van der Waals surface area contributed by atoms with E-state index in [1.165, 1.54) is 12.8 Å². The van der Waals surface area contributed by atoms with E-state index < -0.39 is 0 Å². The molecule has 0 N–H and O–H groups in total.